The molecule has 0 aliphatic carbocycles. The average Bonchev–Trinajstić information content (AvgIpc) is 3.01. The Morgan fingerprint density at radius 3 is 2.73 bits per heavy atom. The van der Waals surface area contributed by atoms with Crippen LogP contribution in [0.15, 0.2) is 53.4 Å². The van der Waals surface area contributed by atoms with E-state index in [4.69, 9.17) is 0 Å². The minimum absolute atomic E-state index is 0.123. The summed E-state index contributed by atoms with van der Waals surface area (Å²) in [6, 6.07) is 14.9. The third kappa shape index (κ3) is 3.10. The van der Waals surface area contributed by atoms with Gasteiger partial charge >= 0.3 is 0 Å². The standard InChI is InChI=1S/C20H20N2O3S/c23-18(22(25)13-14-4-2-1-3-5-14)16-6-7-17-15(12-16)8-9-20(26-17)10-11-21-19(20)24/h1-7,12,25H,8-11,13H2,(H,21,24). The van der Waals surface area contributed by atoms with E-state index in [1.54, 1.807) is 17.8 Å². The van der Waals surface area contributed by atoms with Crippen LogP contribution in [0, 0.1) is 0 Å². The first kappa shape index (κ1) is 17.1. The van der Waals surface area contributed by atoms with E-state index < -0.39 is 5.91 Å². The number of benzene rings is 2. The van der Waals surface area contributed by atoms with Gasteiger partial charge in [-0.15, -0.1) is 11.8 Å². The number of fused-ring (bicyclic) bond motifs is 1. The van der Waals surface area contributed by atoms with Crippen LogP contribution in [0.5, 0.6) is 0 Å². The highest BCUT2D eigenvalue weighted by atomic mass is 32.2. The number of carbonyl (C=O) groups is 2. The van der Waals surface area contributed by atoms with Gasteiger partial charge in [0.1, 0.15) is 4.75 Å². The highest BCUT2D eigenvalue weighted by Gasteiger charge is 2.45. The molecule has 2 heterocycles. The summed E-state index contributed by atoms with van der Waals surface area (Å²) in [5.74, 6) is -0.293. The molecule has 26 heavy (non-hydrogen) atoms. The second kappa shape index (κ2) is 6.78. The van der Waals surface area contributed by atoms with E-state index in [0.29, 0.717) is 5.56 Å². The van der Waals surface area contributed by atoms with E-state index >= 15 is 0 Å². The summed E-state index contributed by atoms with van der Waals surface area (Å²) in [6.07, 6.45) is 2.39. The second-order valence-electron chi connectivity index (χ2n) is 6.77. The molecule has 0 aromatic heterocycles. The molecule has 2 aliphatic heterocycles. The van der Waals surface area contributed by atoms with Crippen molar-refractivity contribution in [3.8, 4) is 0 Å². The molecule has 2 aromatic carbocycles. The zero-order valence-corrected chi connectivity index (χ0v) is 15.1. The Bertz CT molecular complexity index is 855. The van der Waals surface area contributed by atoms with Gasteiger partial charge in [-0.05, 0) is 48.6 Å². The molecular formula is C20H20N2O3S. The van der Waals surface area contributed by atoms with E-state index in [-0.39, 0.29) is 17.2 Å². The van der Waals surface area contributed by atoms with Crippen molar-refractivity contribution >= 4 is 23.6 Å². The minimum Gasteiger partial charge on any atom is -0.355 e. The molecule has 2 aromatic rings. The number of amides is 2. The number of hydrogen-bond acceptors (Lipinski definition) is 4. The molecule has 1 fully saturated rings. The number of carbonyl (C=O) groups excluding carboxylic acids is 2. The Morgan fingerprint density at radius 2 is 2.00 bits per heavy atom. The van der Waals surface area contributed by atoms with Crippen LogP contribution in [0.2, 0.25) is 0 Å². The van der Waals surface area contributed by atoms with Crippen LogP contribution >= 0.6 is 11.8 Å². The van der Waals surface area contributed by atoms with Gasteiger partial charge in [0.2, 0.25) is 5.91 Å². The summed E-state index contributed by atoms with van der Waals surface area (Å²) in [7, 11) is 0. The third-order valence-electron chi connectivity index (χ3n) is 5.05. The average molecular weight is 368 g/mol. The molecule has 6 heteroatoms. The van der Waals surface area contributed by atoms with Crippen LogP contribution in [0.3, 0.4) is 0 Å². The van der Waals surface area contributed by atoms with E-state index in [1.165, 1.54) is 0 Å². The molecule has 1 spiro atoms. The van der Waals surface area contributed by atoms with Crippen LogP contribution in [0.1, 0.15) is 34.3 Å². The van der Waals surface area contributed by atoms with Gasteiger partial charge in [0.25, 0.3) is 5.91 Å². The number of rotatable bonds is 3. The first-order chi connectivity index (χ1) is 12.6. The van der Waals surface area contributed by atoms with Crippen molar-refractivity contribution in [2.24, 2.45) is 0 Å². The van der Waals surface area contributed by atoms with E-state index in [1.807, 2.05) is 42.5 Å². The van der Waals surface area contributed by atoms with Crippen molar-refractivity contribution in [2.75, 3.05) is 6.54 Å². The number of nitrogens with zero attached hydrogens (tertiary/aromatic N) is 1. The Balaban J connectivity index is 1.51. The fraction of sp³-hybridized carbons (Fsp3) is 0.300. The maximum atomic E-state index is 12.5. The smallest absolute Gasteiger partial charge is 0.277 e. The highest BCUT2D eigenvalue weighted by molar-refractivity contribution is 8.01. The lowest BCUT2D eigenvalue weighted by Crippen LogP contribution is -2.37. The molecule has 0 radical (unpaired) electrons. The zero-order valence-electron chi connectivity index (χ0n) is 14.3. The Hall–Kier alpha value is -2.31. The van der Waals surface area contributed by atoms with Crippen LogP contribution in [-0.4, -0.2) is 33.4 Å². The predicted molar refractivity (Wildman–Crippen MR) is 99.1 cm³/mol. The molecule has 0 saturated carbocycles. The van der Waals surface area contributed by atoms with Crippen molar-refractivity contribution in [3.05, 3.63) is 65.2 Å². The second-order valence-corrected chi connectivity index (χ2v) is 8.20. The Morgan fingerprint density at radius 1 is 1.19 bits per heavy atom. The summed E-state index contributed by atoms with van der Waals surface area (Å²) >= 11 is 1.61. The SMILES string of the molecule is O=C(c1ccc2c(c1)CCC1(CCNC1=O)S2)N(O)Cc1ccccc1. The van der Waals surface area contributed by atoms with E-state index in [0.717, 1.165) is 46.9 Å². The Kier molecular flexibility index (Phi) is 4.46. The van der Waals surface area contributed by atoms with Crippen LogP contribution in [0.4, 0.5) is 0 Å². The lowest BCUT2D eigenvalue weighted by atomic mass is 9.95. The molecule has 4 rings (SSSR count). The number of hydrogen-bond donors (Lipinski definition) is 2. The fourth-order valence-electron chi connectivity index (χ4n) is 3.57. The van der Waals surface area contributed by atoms with Crippen LogP contribution in [0.25, 0.3) is 0 Å². The first-order valence-corrected chi connectivity index (χ1v) is 9.54. The lowest BCUT2D eigenvalue weighted by molar-refractivity contribution is -0.121. The summed E-state index contributed by atoms with van der Waals surface area (Å²) < 4.78 is -0.352. The normalized spacial score (nSPS) is 21.3. The van der Waals surface area contributed by atoms with Gasteiger partial charge in [-0.1, -0.05) is 30.3 Å². The van der Waals surface area contributed by atoms with Crippen molar-refractivity contribution in [1.29, 1.82) is 0 Å². The summed E-state index contributed by atoms with van der Waals surface area (Å²) in [5, 5.41) is 13.8. The number of thioether (sulfide) groups is 1. The first-order valence-electron chi connectivity index (χ1n) is 8.72. The van der Waals surface area contributed by atoms with Gasteiger partial charge in [0.15, 0.2) is 0 Å². The minimum atomic E-state index is -0.416. The molecule has 1 atom stereocenters. The van der Waals surface area contributed by atoms with Gasteiger partial charge in [-0.3, -0.25) is 14.8 Å². The van der Waals surface area contributed by atoms with Crippen LogP contribution in [-0.2, 0) is 17.8 Å². The number of nitrogens with one attached hydrogen (secondary N) is 1. The highest BCUT2D eigenvalue weighted by Crippen LogP contribution is 2.47. The lowest BCUT2D eigenvalue weighted by Gasteiger charge is -2.31. The van der Waals surface area contributed by atoms with Crippen molar-refractivity contribution in [1.82, 2.24) is 10.4 Å². The molecule has 2 N–H and O–H groups in total. The van der Waals surface area contributed by atoms with Gasteiger partial charge < -0.3 is 5.32 Å². The van der Waals surface area contributed by atoms with Crippen molar-refractivity contribution < 1.29 is 14.8 Å². The maximum absolute atomic E-state index is 12.5. The van der Waals surface area contributed by atoms with Crippen LogP contribution < -0.4 is 5.32 Å². The molecule has 0 bridgehead atoms. The summed E-state index contributed by atoms with van der Waals surface area (Å²) in [5.41, 5.74) is 2.40. The summed E-state index contributed by atoms with van der Waals surface area (Å²) in [6.45, 7) is 0.880. The molecular weight excluding hydrogens is 348 g/mol. The summed E-state index contributed by atoms with van der Waals surface area (Å²) in [4.78, 5) is 25.8. The quantitative estimate of drug-likeness (QED) is 0.645. The Labute approximate surface area is 156 Å². The molecule has 134 valence electrons. The zero-order chi connectivity index (χ0) is 18.1. The monoisotopic (exact) mass is 368 g/mol. The molecule has 2 aliphatic rings. The van der Waals surface area contributed by atoms with E-state index in [9.17, 15) is 14.8 Å². The van der Waals surface area contributed by atoms with Crippen molar-refractivity contribution in [3.63, 3.8) is 0 Å². The van der Waals surface area contributed by atoms with E-state index in [2.05, 4.69) is 5.32 Å². The van der Waals surface area contributed by atoms with Gasteiger partial charge in [-0.25, -0.2) is 5.06 Å². The molecule has 5 nitrogen and oxygen atoms in total. The van der Waals surface area contributed by atoms with Gasteiger partial charge in [-0.2, -0.15) is 0 Å². The predicted octanol–water partition coefficient (Wildman–Crippen LogP) is 3.02. The maximum Gasteiger partial charge on any atom is 0.277 e. The molecule has 1 unspecified atom stereocenters. The van der Waals surface area contributed by atoms with Crippen molar-refractivity contribution in [2.45, 2.75) is 35.4 Å². The van der Waals surface area contributed by atoms with Gasteiger partial charge in [0.05, 0.1) is 6.54 Å². The molecule has 1 saturated heterocycles. The third-order valence-corrected chi connectivity index (χ3v) is 6.65. The molecule has 2 amide bonds. The largest absolute Gasteiger partial charge is 0.355 e. The van der Waals surface area contributed by atoms with Gasteiger partial charge in [0, 0.05) is 17.0 Å². The fourth-order valence-corrected chi connectivity index (χ4v) is 4.99. The topological polar surface area (TPSA) is 69.6 Å². The number of hydroxylamine groups is 2. The number of aryl methyl sites for hydroxylation is 1.